The Balaban J connectivity index is 2.23. The Bertz CT molecular complexity index is 508. The molecule has 0 radical (unpaired) electrons. The minimum absolute atomic E-state index is 0.0785. The molecule has 1 aromatic heterocycles. The number of nitrogens with zero attached hydrogens (tertiary/aromatic N) is 2. The average Bonchev–Trinajstić information content (AvgIpc) is 2.38. The molecule has 0 aliphatic rings. The fraction of sp³-hybridized carbons (Fsp3) is 0.167. The zero-order chi connectivity index (χ0) is 13.0. The lowest BCUT2D eigenvalue weighted by Gasteiger charge is -2.13. The SMILES string of the molecule is NC(c1cncnc1)c1cccc(OC(F)F)c1. The second-order valence-corrected chi connectivity index (χ2v) is 3.60. The summed E-state index contributed by atoms with van der Waals surface area (Å²) in [5.41, 5.74) is 7.35. The summed E-state index contributed by atoms with van der Waals surface area (Å²) in [7, 11) is 0. The first-order valence-corrected chi connectivity index (χ1v) is 5.22. The van der Waals surface area contributed by atoms with E-state index < -0.39 is 12.7 Å². The molecule has 94 valence electrons. The molecule has 1 unspecified atom stereocenters. The third kappa shape index (κ3) is 2.98. The first-order chi connectivity index (χ1) is 8.66. The topological polar surface area (TPSA) is 61.0 Å². The normalized spacial score (nSPS) is 12.4. The molecule has 0 fully saturated rings. The van der Waals surface area contributed by atoms with Gasteiger partial charge in [-0.25, -0.2) is 9.97 Å². The summed E-state index contributed by atoms with van der Waals surface area (Å²) in [4.78, 5) is 7.72. The summed E-state index contributed by atoms with van der Waals surface area (Å²) < 4.78 is 28.5. The van der Waals surface area contributed by atoms with E-state index in [0.29, 0.717) is 11.1 Å². The van der Waals surface area contributed by atoms with E-state index >= 15 is 0 Å². The van der Waals surface area contributed by atoms with Crippen molar-refractivity contribution in [3.63, 3.8) is 0 Å². The number of ether oxygens (including phenoxy) is 1. The van der Waals surface area contributed by atoms with Crippen molar-refractivity contribution in [3.8, 4) is 5.75 Å². The average molecular weight is 251 g/mol. The molecule has 0 aliphatic carbocycles. The van der Waals surface area contributed by atoms with Crippen molar-refractivity contribution in [2.45, 2.75) is 12.7 Å². The first-order valence-electron chi connectivity index (χ1n) is 5.22. The van der Waals surface area contributed by atoms with Gasteiger partial charge in [-0.15, -0.1) is 0 Å². The van der Waals surface area contributed by atoms with Crippen LogP contribution in [0.5, 0.6) is 5.75 Å². The van der Waals surface area contributed by atoms with Gasteiger partial charge < -0.3 is 10.5 Å². The Hall–Kier alpha value is -2.08. The van der Waals surface area contributed by atoms with Crippen molar-refractivity contribution < 1.29 is 13.5 Å². The minimum atomic E-state index is -2.85. The van der Waals surface area contributed by atoms with Crippen molar-refractivity contribution in [1.82, 2.24) is 9.97 Å². The number of hydrogen-bond donors (Lipinski definition) is 1. The third-order valence-corrected chi connectivity index (χ3v) is 2.38. The van der Waals surface area contributed by atoms with Gasteiger partial charge in [0.15, 0.2) is 0 Å². The van der Waals surface area contributed by atoms with E-state index in [-0.39, 0.29) is 5.75 Å². The highest BCUT2D eigenvalue weighted by molar-refractivity contribution is 5.34. The van der Waals surface area contributed by atoms with Crippen molar-refractivity contribution >= 4 is 0 Å². The van der Waals surface area contributed by atoms with Crippen molar-refractivity contribution in [3.05, 3.63) is 54.1 Å². The van der Waals surface area contributed by atoms with Crippen LogP contribution in [0.25, 0.3) is 0 Å². The zero-order valence-electron chi connectivity index (χ0n) is 9.33. The van der Waals surface area contributed by atoms with Crippen LogP contribution in [0, 0.1) is 0 Å². The molecule has 0 saturated heterocycles. The van der Waals surface area contributed by atoms with Crippen LogP contribution in [0.2, 0.25) is 0 Å². The number of rotatable bonds is 4. The van der Waals surface area contributed by atoms with E-state index in [4.69, 9.17) is 5.73 Å². The molecule has 0 bridgehead atoms. The zero-order valence-corrected chi connectivity index (χ0v) is 9.33. The molecule has 18 heavy (non-hydrogen) atoms. The molecule has 0 aliphatic heterocycles. The third-order valence-electron chi connectivity index (χ3n) is 2.38. The summed E-state index contributed by atoms with van der Waals surface area (Å²) in [6, 6.07) is 5.79. The molecule has 4 nitrogen and oxygen atoms in total. The van der Waals surface area contributed by atoms with Crippen molar-refractivity contribution in [1.29, 1.82) is 0 Å². The van der Waals surface area contributed by atoms with Crippen LogP contribution in [-0.4, -0.2) is 16.6 Å². The molecule has 6 heteroatoms. The predicted molar refractivity (Wildman–Crippen MR) is 61.1 cm³/mol. The molecular formula is C12H11F2N3O. The van der Waals surface area contributed by atoms with Crippen molar-refractivity contribution in [2.24, 2.45) is 5.73 Å². The van der Waals surface area contributed by atoms with Crippen LogP contribution in [0.3, 0.4) is 0 Å². The van der Waals surface area contributed by atoms with Crippen LogP contribution in [0.15, 0.2) is 43.0 Å². The fourth-order valence-electron chi connectivity index (χ4n) is 1.55. The quantitative estimate of drug-likeness (QED) is 0.904. The molecular weight excluding hydrogens is 240 g/mol. The summed E-state index contributed by atoms with van der Waals surface area (Å²) in [5.74, 6) is 0.0785. The summed E-state index contributed by atoms with van der Waals surface area (Å²) in [6.07, 6.45) is 4.56. The second kappa shape index (κ2) is 5.50. The molecule has 0 amide bonds. The Morgan fingerprint density at radius 3 is 2.50 bits per heavy atom. The monoisotopic (exact) mass is 251 g/mol. The highest BCUT2D eigenvalue weighted by Crippen LogP contribution is 2.23. The van der Waals surface area contributed by atoms with Gasteiger partial charge in [0.2, 0.25) is 0 Å². The largest absolute Gasteiger partial charge is 0.435 e. The van der Waals surface area contributed by atoms with Gasteiger partial charge in [0.05, 0.1) is 6.04 Å². The Kier molecular flexibility index (Phi) is 3.78. The highest BCUT2D eigenvalue weighted by Gasteiger charge is 2.11. The molecule has 2 N–H and O–H groups in total. The van der Waals surface area contributed by atoms with E-state index in [1.165, 1.54) is 18.5 Å². The second-order valence-electron chi connectivity index (χ2n) is 3.60. The first kappa shape index (κ1) is 12.4. The Labute approximate surface area is 102 Å². The minimum Gasteiger partial charge on any atom is -0.435 e. The van der Waals surface area contributed by atoms with Crippen LogP contribution >= 0.6 is 0 Å². The van der Waals surface area contributed by atoms with E-state index in [2.05, 4.69) is 14.7 Å². The maximum atomic E-state index is 12.1. The van der Waals surface area contributed by atoms with Gasteiger partial charge in [-0.3, -0.25) is 0 Å². The number of hydrogen-bond acceptors (Lipinski definition) is 4. The lowest BCUT2D eigenvalue weighted by molar-refractivity contribution is -0.0498. The van der Waals surface area contributed by atoms with Gasteiger partial charge in [-0.05, 0) is 17.7 Å². The molecule has 2 aromatic rings. The maximum Gasteiger partial charge on any atom is 0.387 e. The summed E-state index contributed by atoms with van der Waals surface area (Å²) in [5, 5.41) is 0. The van der Waals surface area contributed by atoms with Gasteiger partial charge in [0.25, 0.3) is 0 Å². The number of alkyl halides is 2. The standard InChI is InChI=1S/C12H11F2N3O/c13-12(14)18-10-3-1-2-8(4-10)11(15)9-5-16-7-17-6-9/h1-7,11-12H,15H2. The van der Waals surface area contributed by atoms with Crippen LogP contribution in [0.1, 0.15) is 17.2 Å². The molecule has 0 spiro atoms. The Morgan fingerprint density at radius 2 is 1.83 bits per heavy atom. The maximum absolute atomic E-state index is 12.1. The smallest absolute Gasteiger partial charge is 0.387 e. The number of halogens is 2. The van der Waals surface area contributed by atoms with E-state index in [9.17, 15) is 8.78 Å². The molecule has 0 saturated carbocycles. The molecule has 2 rings (SSSR count). The van der Waals surface area contributed by atoms with E-state index in [1.807, 2.05) is 0 Å². The summed E-state index contributed by atoms with van der Waals surface area (Å²) in [6.45, 7) is -2.85. The van der Waals surface area contributed by atoms with Gasteiger partial charge >= 0.3 is 6.61 Å². The van der Waals surface area contributed by atoms with E-state index in [0.717, 1.165) is 0 Å². The lowest BCUT2D eigenvalue weighted by atomic mass is 10.0. The number of benzene rings is 1. The van der Waals surface area contributed by atoms with E-state index in [1.54, 1.807) is 24.5 Å². The van der Waals surface area contributed by atoms with Crippen LogP contribution in [0.4, 0.5) is 8.78 Å². The Morgan fingerprint density at radius 1 is 1.11 bits per heavy atom. The predicted octanol–water partition coefficient (Wildman–Crippen LogP) is 2.13. The molecule has 1 atom stereocenters. The number of nitrogens with two attached hydrogens (primary N) is 1. The van der Waals surface area contributed by atoms with Crippen LogP contribution < -0.4 is 10.5 Å². The van der Waals surface area contributed by atoms with Gasteiger partial charge in [0, 0.05) is 18.0 Å². The van der Waals surface area contributed by atoms with Crippen LogP contribution in [-0.2, 0) is 0 Å². The van der Waals surface area contributed by atoms with Gasteiger partial charge in [0.1, 0.15) is 12.1 Å². The fourth-order valence-corrected chi connectivity index (χ4v) is 1.55. The number of aromatic nitrogens is 2. The van der Waals surface area contributed by atoms with Gasteiger partial charge in [-0.2, -0.15) is 8.78 Å². The van der Waals surface area contributed by atoms with Crippen molar-refractivity contribution in [2.75, 3.05) is 0 Å². The highest BCUT2D eigenvalue weighted by atomic mass is 19.3. The lowest BCUT2D eigenvalue weighted by Crippen LogP contribution is -2.12. The molecule has 1 aromatic carbocycles. The van der Waals surface area contributed by atoms with Gasteiger partial charge in [-0.1, -0.05) is 12.1 Å². The molecule has 1 heterocycles. The summed E-state index contributed by atoms with van der Waals surface area (Å²) >= 11 is 0.